The molecule has 0 bridgehead atoms. The molecule has 0 atom stereocenters. The van der Waals surface area contributed by atoms with Crippen LogP contribution in [-0.2, 0) is 0 Å². The van der Waals surface area contributed by atoms with Crippen LogP contribution in [0.1, 0.15) is 0 Å². The van der Waals surface area contributed by atoms with Crippen LogP contribution in [0.25, 0.3) is 88.7 Å². The molecule has 0 N–H and O–H groups in total. The second-order valence-corrected chi connectivity index (χ2v) is 13.5. The van der Waals surface area contributed by atoms with Crippen LogP contribution in [0.5, 0.6) is 0 Å². The molecule has 0 aliphatic heterocycles. The highest BCUT2D eigenvalue weighted by Gasteiger charge is 2.25. The summed E-state index contributed by atoms with van der Waals surface area (Å²) in [5, 5.41) is 4.12. The minimum absolute atomic E-state index is 0.550. The zero-order valence-electron chi connectivity index (χ0n) is 28.9. The van der Waals surface area contributed by atoms with Gasteiger partial charge in [-0.2, -0.15) is 0 Å². The lowest BCUT2D eigenvalue weighted by Gasteiger charge is -2.26. The molecule has 0 saturated heterocycles. The van der Waals surface area contributed by atoms with Crippen molar-refractivity contribution in [2.75, 3.05) is 4.90 Å². The van der Waals surface area contributed by atoms with Crippen LogP contribution >= 0.6 is 0 Å². The van der Waals surface area contributed by atoms with E-state index >= 15 is 0 Å². The van der Waals surface area contributed by atoms with Gasteiger partial charge in [-0.3, -0.25) is 0 Å². The first-order valence-corrected chi connectivity index (χ1v) is 18.0. The topological polar surface area (TPSA) is 55.6 Å². The van der Waals surface area contributed by atoms with E-state index in [2.05, 4.69) is 120 Å². The lowest BCUT2D eigenvalue weighted by Crippen LogP contribution is -2.10. The quantitative estimate of drug-likeness (QED) is 0.173. The van der Waals surface area contributed by atoms with Gasteiger partial charge in [0, 0.05) is 44.7 Å². The second-order valence-electron chi connectivity index (χ2n) is 13.5. The van der Waals surface area contributed by atoms with Gasteiger partial charge in [0.2, 0.25) is 5.89 Å². The zero-order chi connectivity index (χ0) is 35.6. The molecule has 3 heterocycles. The second kappa shape index (κ2) is 12.1. The Balaban J connectivity index is 1.17. The number of hydrogen-bond donors (Lipinski definition) is 0. The third kappa shape index (κ3) is 4.83. The summed E-state index contributed by atoms with van der Waals surface area (Å²) in [6.45, 7) is 0. The van der Waals surface area contributed by atoms with Gasteiger partial charge in [-0.05, 0) is 65.2 Å². The molecule has 0 fully saturated rings. The lowest BCUT2D eigenvalue weighted by atomic mass is 10.0. The van der Waals surface area contributed by atoms with Crippen molar-refractivity contribution in [2.24, 2.45) is 0 Å². The standard InChI is InChI=1S/C49H30N2O3/c1-3-13-31(14-4-1)32-25-27-35(28-26-32)51(36-18-11-17-34(29-36)37-21-12-22-39-38-19-7-9-23-42(38)53-47(37)39)41-30-44-45(40-20-8-10-24-43(40)52-44)46-48(41)54-49(50-46)33-15-5-2-6-16-33/h1-30H. The molecule has 0 saturated carbocycles. The molecule has 3 aromatic heterocycles. The highest BCUT2D eigenvalue weighted by Crippen LogP contribution is 2.47. The molecule has 0 spiro atoms. The molecule has 254 valence electrons. The number of oxazole rings is 1. The van der Waals surface area contributed by atoms with Crippen LogP contribution in [0, 0.1) is 0 Å². The molecule has 5 nitrogen and oxygen atoms in total. The summed E-state index contributed by atoms with van der Waals surface area (Å²) in [4.78, 5) is 7.41. The summed E-state index contributed by atoms with van der Waals surface area (Å²) in [6, 6.07) is 62.5. The Morgan fingerprint density at radius 1 is 0.389 bits per heavy atom. The van der Waals surface area contributed by atoms with Crippen molar-refractivity contribution >= 4 is 72.0 Å². The van der Waals surface area contributed by atoms with E-state index in [1.165, 1.54) is 0 Å². The zero-order valence-corrected chi connectivity index (χ0v) is 28.9. The van der Waals surface area contributed by atoms with Gasteiger partial charge in [-0.15, -0.1) is 0 Å². The molecule has 5 heteroatoms. The number of rotatable bonds is 6. The molecule has 8 aromatic carbocycles. The van der Waals surface area contributed by atoms with E-state index < -0.39 is 0 Å². The maximum absolute atomic E-state index is 6.83. The molecular weight excluding hydrogens is 665 g/mol. The first-order chi connectivity index (χ1) is 26.8. The van der Waals surface area contributed by atoms with Crippen molar-refractivity contribution in [3.63, 3.8) is 0 Å². The van der Waals surface area contributed by atoms with Crippen LogP contribution in [0.2, 0.25) is 0 Å². The Morgan fingerprint density at radius 2 is 1.02 bits per heavy atom. The fraction of sp³-hybridized carbons (Fsp3) is 0. The van der Waals surface area contributed by atoms with Gasteiger partial charge in [-0.1, -0.05) is 127 Å². The number of aromatic nitrogens is 1. The summed E-state index contributed by atoms with van der Waals surface area (Å²) in [5.74, 6) is 0.550. The smallest absolute Gasteiger partial charge is 0.227 e. The third-order valence-corrected chi connectivity index (χ3v) is 10.3. The Bertz CT molecular complexity index is 3160. The van der Waals surface area contributed by atoms with E-state index in [1.807, 2.05) is 66.7 Å². The Morgan fingerprint density at radius 3 is 1.81 bits per heavy atom. The molecule has 11 rings (SSSR count). The Hall–Kier alpha value is -7.37. The summed E-state index contributed by atoms with van der Waals surface area (Å²) < 4.78 is 19.9. The van der Waals surface area contributed by atoms with Crippen molar-refractivity contribution < 1.29 is 13.3 Å². The van der Waals surface area contributed by atoms with Crippen molar-refractivity contribution in [2.45, 2.75) is 0 Å². The van der Waals surface area contributed by atoms with Crippen LogP contribution < -0.4 is 4.90 Å². The van der Waals surface area contributed by atoms with Crippen molar-refractivity contribution in [1.29, 1.82) is 0 Å². The predicted octanol–water partition coefficient (Wildman–Crippen LogP) is 14.1. The van der Waals surface area contributed by atoms with E-state index in [9.17, 15) is 0 Å². The highest BCUT2D eigenvalue weighted by atomic mass is 16.4. The number of fused-ring (bicyclic) bond motifs is 8. The van der Waals surface area contributed by atoms with Crippen molar-refractivity contribution in [1.82, 2.24) is 4.98 Å². The van der Waals surface area contributed by atoms with Gasteiger partial charge in [0.25, 0.3) is 0 Å². The number of hydrogen-bond acceptors (Lipinski definition) is 5. The maximum atomic E-state index is 6.83. The van der Waals surface area contributed by atoms with Gasteiger partial charge in [0.15, 0.2) is 5.58 Å². The molecule has 0 radical (unpaired) electrons. The molecular formula is C49H30N2O3. The fourth-order valence-electron chi connectivity index (χ4n) is 7.78. The minimum Gasteiger partial charge on any atom is -0.456 e. The van der Waals surface area contributed by atoms with Crippen LogP contribution in [0.4, 0.5) is 17.1 Å². The monoisotopic (exact) mass is 694 g/mol. The number of benzene rings is 8. The average Bonchev–Trinajstić information content (AvgIpc) is 3.96. The molecule has 0 unspecified atom stereocenters. The molecule has 54 heavy (non-hydrogen) atoms. The van der Waals surface area contributed by atoms with E-state index in [1.54, 1.807) is 0 Å². The Labute approximate surface area is 309 Å². The number of nitrogens with zero attached hydrogens (tertiary/aromatic N) is 2. The largest absolute Gasteiger partial charge is 0.456 e. The van der Waals surface area contributed by atoms with Crippen LogP contribution in [0.15, 0.2) is 195 Å². The lowest BCUT2D eigenvalue weighted by molar-refractivity contribution is 0.619. The van der Waals surface area contributed by atoms with E-state index in [0.29, 0.717) is 11.5 Å². The Kier molecular flexibility index (Phi) is 6.79. The van der Waals surface area contributed by atoms with Crippen molar-refractivity contribution in [3.8, 4) is 33.7 Å². The van der Waals surface area contributed by atoms with E-state index in [4.69, 9.17) is 18.2 Å². The highest BCUT2D eigenvalue weighted by molar-refractivity contribution is 6.20. The van der Waals surface area contributed by atoms with E-state index in [-0.39, 0.29) is 0 Å². The summed E-state index contributed by atoms with van der Waals surface area (Å²) in [7, 11) is 0. The van der Waals surface area contributed by atoms with Crippen molar-refractivity contribution in [3.05, 3.63) is 182 Å². The fourth-order valence-corrected chi connectivity index (χ4v) is 7.78. The third-order valence-electron chi connectivity index (χ3n) is 10.3. The van der Waals surface area contributed by atoms with Crippen LogP contribution in [-0.4, -0.2) is 4.98 Å². The molecule has 11 aromatic rings. The first-order valence-electron chi connectivity index (χ1n) is 18.0. The summed E-state index contributed by atoms with van der Waals surface area (Å²) in [6.07, 6.45) is 0. The van der Waals surface area contributed by atoms with Gasteiger partial charge >= 0.3 is 0 Å². The van der Waals surface area contributed by atoms with Gasteiger partial charge < -0.3 is 18.2 Å². The summed E-state index contributed by atoms with van der Waals surface area (Å²) >= 11 is 0. The number of para-hydroxylation sites is 3. The van der Waals surface area contributed by atoms with Gasteiger partial charge in [0.05, 0.1) is 11.1 Å². The van der Waals surface area contributed by atoms with Gasteiger partial charge in [0.1, 0.15) is 27.8 Å². The maximum Gasteiger partial charge on any atom is 0.227 e. The molecule has 0 amide bonds. The van der Waals surface area contributed by atoms with Gasteiger partial charge in [-0.25, -0.2) is 4.98 Å². The molecule has 0 aliphatic carbocycles. The number of furan rings is 2. The minimum atomic E-state index is 0.550. The van der Waals surface area contributed by atoms with E-state index in [0.717, 1.165) is 94.3 Å². The normalized spacial score (nSPS) is 11.7. The summed E-state index contributed by atoms with van der Waals surface area (Å²) in [5.41, 5.74) is 12.7. The average molecular weight is 695 g/mol. The first kappa shape index (κ1) is 30.3. The van der Waals surface area contributed by atoms with Crippen LogP contribution in [0.3, 0.4) is 0 Å². The molecule has 0 aliphatic rings. The SMILES string of the molecule is c1ccc(-c2ccc(N(c3cccc(-c4cccc5c4oc4ccccc45)c3)c3cc4oc5ccccc5c4c4nc(-c5ccccc5)oc34)cc2)cc1. The predicted molar refractivity (Wildman–Crippen MR) is 220 cm³/mol. The number of anilines is 3.